The quantitative estimate of drug-likeness (QED) is 0.854. The number of likely N-dealkylation sites (N-methyl/N-ethyl adjacent to an activating group) is 1. The molecule has 1 aromatic rings. The number of amides is 1. The van der Waals surface area contributed by atoms with E-state index in [0.29, 0.717) is 30.9 Å². The molecule has 4 nitrogen and oxygen atoms in total. The highest BCUT2D eigenvalue weighted by molar-refractivity contribution is 5.89. The number of benzene rings is 1. The zero-order valence-electron chi connectivity index (χ0n) is 11.1. The monoisotopic (exact) mass is 261 g/mol. The van der Waals surface area contributed by atoms with Crippen molar-refractivity contribution in [2.24, 2.45) is 5.92 Å². The van der Waals surface area contributed by atoms with Crippen LogP contribution in [0.1, 0.15) is 35.2 Å². The van der Waals surface area contributed by atoms with Gasteiger partial charge in [0.05, 0.1) is 5.56 Å². The van der Waals surface area contributed by atoms with Crippen molar-refractivity contribution in [3.63, 3.8) is 0 Å². The number of carboxylic acid groups (broad SMARTS) is 1. The fourth-order valence-electron chi connectivity index (χ4n) is 2.08. The highest BCUT2D eigenvalue weighted by Crippen LogP contribution is 2.32. The first-order chi connectivity index (χ1) is 9.08. The second kappa shape index (κ2) is 5.87. The molecule has 0 spiro atoms. The van der Waals surface area contributed by atoms with E-state index in [4.69, 9.17) is 5.11 Å². The van der Waals surface area contributed by atoms with Crippen LogP contribution in [-0.4, -0.2) is 35.5 Å². The van der Waals surface area contributed by atoms with Crippen molar-refractivity contribution in [1.29, 1.82) is 0 Å². The van der Waals surface area contributed by atoms with Crippen LogP contribution < -0.4 is 0 Å². The maximum atomic E-state index is 11.8. The maximum absolute atomic E-state index is 11.8. The first-order valence-corrected chi connectivity index (χ1v) is 6.63. The van der Waals surface area contributed by atoms with E-state index in [9.17, 15) is 9.59 Å². The van der Waals surface area contributed by atoms with E-state index in [1.807, 2.05) is 12.1 Å². The van der Waals surface area contributed by atoms with Gasteiger partial charge in [-0.15, -0.1) is 0 Å². The van der Waals surface area contributed by atoms with Gasteiger partial charge in [-0.05, 0) is 36.8 Å². The first kappa shape index (κ1) is 13.6. The van der Waals surface area contributed by atoms with Crippen LogP contribution in [0.4, 0.5) is 0 Å². The Morgan fingerprint density at radius 3 is 2.63 bits per heavy atom. The molecule has 102 valence electrons. The predicted molar refractivity (Wildman–Crippen MR) is 72.1 cm³/mol. The molecular weight excluding hydrogens is 242 g/mol. The average molecular weight is 261 g/mol. The molecule has 0 radical (unpaired) electrons. The molecule has 1 aliphatic carbocycles. The topological polar surface area (TPSA) is 57.6 Å². The molecule has 0 heterocycles. The molecule has 1 aromatic carbocycles. The number of hydrogen-bond acceptors (Lipinski definition) is 2. The first-order valence-electron chi connectivity index (χ1n) is 6.63. The zero-order chi connectivity index (χ0) is 13.8. The number of carboxylic acids is 1. The standard InChI is InChI=1S/C15H19NO3/c1-16(14(17)10-11-6-7-11)9-8-12-4-2-3-5-13(12)15(18)19/h2-5,11H,6-10H2,1H3,(H,18,19). The fourth-order valence-corrected chi connectivity index (χ4v) is 2.08. The second-order valence-corrected chi connectivity index (χ2v) is 5.18. The number of aromatic carboxylic acids is 1. The van der Waals surface area contributed by atoms with Crippen LogP contribution in [0.5, 0.6) is 0 Å². The Morgan fingerprint density at radius 2 is 2.00 bits per heavy atom. The van der Waals surface area contributed by atoms with Gasteiger partial charge in [-0.3, -0.25) is 4.79 Å². The van der Waals surface area contributed by atoms with Crippen LogP contribution in [0.3, 0.4) is 0 Å². The molecule has 1 amide bonds. The van der Waals surface area contributed by atoms with Crippen molar-refractivity contribution >= 4 is 11.9 Å². The SMILES string of the molecule is CN(CCc1ccccc1C(=O)O)C(=O)CC1CC1. The molecule has 0 aromatic heterocycles. The van der Waals surface area contributed by atoms with Crippen molar-refractivity contribution in [2.75, 3.05) is 13.6 Å². The number of nitrogens with zero attached hydrogens (tertiary/aromatic N) is 1. The molecule has 1 aliphatic rings. The third-order valence-electron chi connectivity index (χ3n) is 3.55. The van der Waals surface area contributed by atoms with Gasteiger partial charge in [0.25, 0.3) is 0 Å². The molecule has 1 saturated carbocycles. The molecule has 0 bridgehead atoms. The predicted octanol–water partition coefficient (Wildman–Crippen LogP) is 2.19. The lowest BCUT2D eigenvalue weighted by Crippen LogP contribution is -2.29. The lowest BCUT2D eigenvalue weighted by Gasteiger charge is -2.17. The summed E-state index contributed by atoms with van der Waals surface area (Å²) in [7, 11) is 1.79. The lowest BCUT2D eigenvalue weighted by atomic mass is 10.0. The normalized spacial score (nSPS) is 14.2. The minimum absolute atomic E-state index is 0.162. The van der Waals surface area contributed by atoms with Crippen LogP contribution in [0.25, 0.3) is 0 Å². The van der Waals surface area contributed by atoms with Gasteiger partial charge in [0.1, 0.15) is 0 Å². The Balaban J connectivity index is 1.90. The fraction of sp³-hybridized carbons (Fsp3) is 0.467. The van der Waals surface area contributed by atoms with Crippen molar-refractivity contribution in [3.05, 3.63) is 35.4 Å². The minimum atomic E-state index is -0.914. The summed E-state index contributed by atoms with van der Waals surface area (Å²) in [5.41, 5.74) is 1.10. The van der Waals surface area contributed by atoms with Crippen LogP contribution in [0.2, 0.25) is 0 Å². The average Bonchev–Trinajstić information content (AvgIpc) is 3.20. The van der Waals surface area contributed by atoms with Gasteiger partial charge in [0.2, 0.25) is 5.91 Å². The molecule has 4 heteroatoms. The summed E-state index contributed by atoms with van der Waals surface area (Å²) >= 11 is 0. The number of hydrogen-bond donors (Lipinski definition) is 1. The molecule has 0 unspecified atom stereocenters. The highest BCUT2D eigenvalue weighted by atomic mass is 16.4. The van der Waals surface area contributed by atoms with Crippen LogP contribution in [-0.2, 0) is 11.2 Å². The summed E-state index contributed by atoms with van der Waals surface area (Å²) in [6.07, 6.45) is 3.55. The van der Waals surface area contributed by atoms with Crippen molar-refractivity contribution in [1.82, 2.24) is 4.90 Å². The van der Waals surface area contributed by atoms with Gasteiger partial charge in [-0.1, -0.05) is 18.2 Å². The molecule has 19 heavy (non-hydrogen) atoms. The third-order valence-corrected chi connectivity index (χ3v) is 3.55. The smallest absolute Gasteiger partial charge is 0.335 e. The summed E-state index contributed by atoms with van der Waals surface area (Å²) in [6.45, 7) is 0.565. The molecule has 2 rings (SSSR count). The van der Waals surface area contributed by atoms with Crippen molar-refractivity contribution in [2.45, 2.75) is 25.7 Å². The largest absolute Gasteiger partial charge is 0.478 e. The van der Waals surface area contributed by atoms with Crippen molar-refractivity contribution in [3.8, 4) is 0 Å². The summed E-state index contributed by atoms with van der Waals surface area (Å²) < 4.78 is 0. The van der Waals surface area contributed by atoms with Gasteiger partial charge in [-0.2, -0.15) is 0 Å². The van der Waals surface area contributed by atoms with E-state index in [1.54, 1.807) is 24.1 Å². The Labute approximate surface area is 113 Å². The van der Waals surface area contributed by atoms with Crippen LogP contribution in [0, 0.1) is 5.92 Å². The van der Waals surface area contributed by atoms with E-state index < -0.39 is 5.97 Å². The van der Waals surface area contributed by atoms with Gasteiger partial charge in [-0.25, -0.2) is 4.79 Å². The Morgan fingerprint density at radius 1 is 1.32 bits per heavy atom. The van der Waals surface area contributed by atoms with E-state index in [1.165, 1.54) is 12.8 Å². The van der Waals surface area contributed by atoms with Crippen LogP contribution >= 0.6 is 0 Å². The number of rotatable bonds is 6. The number of carbonyl (C=O) groups is 2. The van der Waals surface area contributed by atoms with Crippen molar-refractivity contribution < 1.29 is 14.7 Å². The number of carbonyl (C=O) groups excluding carboxylic acids is 1. The zero-order valence-corrected chi connectivity index (χ0v) is 11.1. The summed E-state index contributed by atoms with van der Waals surface area (Å²) in [5.74, 6) is -0.167. The van der Waals surface area contributed by atoms with E-state index in [-0.39, 0.29) is 5.91 Å². The Bertz CT molecular complexity index is 480. The highest BCUT2D eigenvalue weighted by Gasteiger charge is 2.25. The lowest BCUT2D eigenvalue weighted by molar-refractivity contribution is -0.130. The van der Waals surface area contributed by atoms with E-state index in [2.05, 4.69) is 0 Å². The molecule has 1 fully saturated rings. The third kappa shape index (κ3) is 3.81. The molecule has 0 atom stereocenters. The van der Waals surface area contributed by atoms with Crippen LogP contribution in [0.15, 0.2) is 24.3 Å². The Kier molecular flexibility index (Phi) is 4.20. The molecule has 0 saturated heterocycles. The van der Waals surface area contributed by atoms with E-state index in [0.717, 1.165) is 5.56 Å². The minimum Gasteiger partial charge on any atom is -0.478 e. The summed E-state index contributed by atoms with van der Waals surface area (Å²) in [5, 5.41) is 9.09. The van der Waals surface area contributed by atoms with Gasteiger partial charge in [0, 0.05) is 20.0 Å². The Hall–Kier alpha value is -1.84. The summed E-state index contributed by atoms with van der Waals surface area (Å²) in [4.78, 5) is 24.6. The molecule has 1 N–H and O–H groups in total. The molecular formula is C15H19NO3. The summed E-state index contributed by atoms with van der Waals surface area (Å²) in [6, 6.07) is 6.95. The van der Waals surface area contributed by atoms with Gasteiger partial charge >= 0.3 is 5.97 Å². The van der Waals surface area contributed by atoms with Gasteiger partial charge in [0.15, 0.2) is 0 Å². The second-order valence-electron chi connectivity index (χ2n) is 5.18. The maximum Gasteiger partial charge on any atom is 0.335 e. The van der Waals surface area contributed by atoms with Gasteiger partial charge < -0.3 is 10.0 Å². The van der Waals surface area contributed by atoms with E-state index >= 15 is 0 Å². The molecule has 0 aliphatic heterocycles.